The number of fused-ring (bicyclic) bond motifs is 5. The molecule has 5 heterocycles. The van der Waals surface area contributed by atoms with E-state index < -0.39 is 0 Å². The van der Waals surface area contributed by atoms with Gasteiger partial charge in [0.1, 0.15) is 4.83 Å². The zero-order chi connectivity index (χ0) is 23.3. The number of ether oxygens (including phenoxy) is 1. The number of hydrogen-bond donors (Lipinski definition) is 1. The molecule has 3 aromatic rings. The van der Waals surface area contributed by atoms with Gasteiger partial charge in [-0.15, -0.1) is 11.3 Å². The van der Waals surface area contributed by atoms with Crippen LogP contribution in [0.5, 0.6) is 0 Å². The summed E-state index contributed by atoms with van der Waals surface area (Å²) in [6.45, 7) is 14.0. The van der Waals surface area contributed by atoms with Gasteiger partial charge in [-0.3, -0.25) is 4.90 Å². The van der Waals surface area contributed by atoms with Crippen molar-refractivity contribution in [2.24, 2.45) is 0 Å². The van der Waals surface area contributed by atoms with E-state index >= 15 is 0 Å². The number of β-amino-alcohol motifs (C(OH)–C–C–N with tert-alkyl or cyclic N) is 1. The van der Waals surface area contributed by atoms with Crippen molar-refractivity contribution in [3.63, 3.8) is 0 Å². The van der Waals surface area contributed by atoms with Crippen LogP contribution in [0, 0.1) is 0 Å². The summed E-state index contributed by atoms with van der Waals surface area (Å²) in [4.78, 5) is 20.9. The molecule has 0 saturated carbocycles. The summed E-state index contributed by atoms with van der Waals surface area (Å²) < 4.78 is 7.35. The Hall–Kier alpha value is -1.52. The highest BCUT2D eigenvalue weighted by molar-refractivity contribution is 7.98. The first-order valence-corrected chi connectivity index (χ1v) is 13.8. The predicted octanol–water partition coefficient (Wildman–Crippen LogP) is 4.05. The van der Waals surface area contributed by atoms with Gasteiger partial charge in [0.2, 0.25) is 0 Å². The van der Waals surface area contributed by atoms with E-state index in [4.69, 9.17) is 19.7 Å². The smallest absolute Gasteiger partial charge is 0.189 e. The summed E-state index contributed by atoms with van der Waals surface area (Å²) in [5.41, 5.74) is 4.59. The van der Waals surface area contributed by atoms with Crippen molar-refractivity contribution in [3.05, 3.63) is 16.8 Å². The van der Waals surface area contributed by atoms with Crippen molar-refractivity contribution < 1.29 is 9.84 Å². The van der Waals surface area contributed by atoms with Crippen LogP contribution in [0.1, 0.15) is 50.4 Å². The third-order valence-electron chi connectivity index (χ3n) is 6.70. The normalized spacial score (nSPS) is 19.1. The van der Waals surface area contributed by atoms with Crippen molar-refractivity contribution in [1.82, 2.24) is 19.9 Å². The number of rotatable bonds is 5. The molecule has 0 aromatic carbocycles. The van der Waals surface area contributed by atoms with Crippen LogP contribution in [0.25, 0.3) is 20.4 Å². The maximum Gasteiger partial charge on any atom is 0.189 e. The molecule has 178 valence electrons. The topological polar surface area (TPSA) is 74.6 Å². The predicted molar refractivity (Wildman–Crippen MR) is 137 cm³/mol. The first kappa shape index (κ1) is 23.2. The van der Waals surface area contributed by atoms with Crippen LogP contribution in [0.4, 0.5) is 5.82 Å². The van der Waals surface area contributed by atoms with E-state index in [9.17, 15) is 5.11 Å². The van der Waals surface area contributed by atoms with Crippen LogP contribution in [-0.4, -0.2) is 76.1 Å². The van der Waals surface area contributed by atoms with Crippen molar-refractivity contribution in [3.8, 4) is 0 Å². The van der Waals surface area contributed by atoms with Crippen molar-refractivity contribution >= 4 is 49.3 Å². The Morgan fingerprint density at radius 2 is 1.88 bits per heavy atom. The highest BCUT2D eigenvalue weighted by Gasteiger charge is 2.33. The monoisotopic (exact) mass is 487 g/mol. The fourth-order valence-electron chi connectivity index (χ4n) is 4.97. The number of aliphatic hydroxyl groups is 1. The summed E-state index contributed by atoms with van der Waals surface area (Å²) in [5.74, 6) is 1.37. The van der Waals surface area contributed by atoms with E-state index in [0.717, 1.165) is 70.9 Å². The molecule has 33 heavy (non-hydrogen) atoms. The van der Waals surface area contributed by atoms with E-state index in [1.165, 1.54) is 16.5 Å². The second-order valence-electron chi connectivity index (χ2n) is 9.88. The maximum atomic E-state index is 9.29. The number of hydrogen-bond acceptors (Lipinski definition) is 9. The molecule has 0 radical (unpaired) electrons. The molecule has 1 saturated heterocycles. The molecule has 2 aliphatic rings. The van der Waals surface area contributed by atoms with Gasteiger partial charge < -0.3 is 14.7 Å². The molecule has 0 atom stereocenters. The Kier molecular flexibility index (Phi) is 6.28. The second kappa shape index (κ2) is 8.92. The highest BCUT2D eigenvalue weighted by Crippen LogP contribution is 2.44. The quantitative estimate of drug-likeness (QED) is 0.427. The lowest BCUT2D eigenvalue weighted by Gasteiger charge is -2.35. The van der Waals surface area contributed by atoms with Gasteiger partial charge in [-0.1, -0.05) is 25.6 Å². The Balaban J connectivity index is 1.70. The standard InChI is InChI=1S/C24H33N5O2S2/c1-14(2)18-16-13-31-24(3,4)12-15(16)17-19-20(33-22(17)25-18)21(27-23(26-19)32-5)29-8-6-28(7-9-29)10-11-30/h14,30H,6-13H2,1-5H3. The molecular formula is C24H33N5O2S2. The maximum absolute atomic E-state index is 9.29. The summed E-state index contributed by atoms with van der Waals surface area (Å²) >= 11 is 3.33. The van der Waals surface area contributed by atoms with Crippen LogP contribution in [0.2, 0.25) is 0 Å². The second-order valence-corrected chi connectivity index (χ2v) is 11.7. The third-order valence-corrected chi connectivity index (χ3v) is 8.32. The number of nitrogens with zero attached hydrogens (tertiary/aromatic N) is 5. The van der Waals surface area contributed by atoms with Gasteiger partial charge in [-0.2, -0.15) is 0 Å². The van der Waals surface area contributed by atoms with Gasteiger partial charge in [0, 0.05) is 50.1 Å². The van der Waals surface area contributed by atoms with Crippen molar-refractivity contribution in [2.75, 3.05) is 50.5 Å². The number of piperazine rings is 1. The average Bonchev–Trinajstić information content (AvgIpc) is 3.16. The van der Waals surface area contributed by atoms with Crippen LogP contribution in [0.15, 0.2) is 5.16 Å². The SMILES string of the molecule is CSc1nc(N2CCN(CCO)CC2)c2sc3nc(C(C)C)c4c(c3c2n1)CC(C)(C)OC4. The lowest BCUT2D eigenvalue weighted by atomic mass is 9.87. The number of anilines is 1. The van der Waals surface area contributed by atoms with Gasteiger partial charge in [0.25, 0.3) is 0 Å². The summed E-state index contributed by atoms with van der Waals surface area (Å²) in [6, 6.07) is 0. The first-order chi connectivity index (χ1) is 15.8. The van der Waals surface area contributed by atoms with E-state index in [-0.39, 0.29) is 12.2 Å². The van der Waals surface area contributed by atoms with Crippen LogP contribution in [-0.2, 0) is 17.8 Å². The van der Waals surface area contributed by atoms with E-state index in [0.29, 0.717) is 12.5 Å². The fraction of sp³-hybridized carbons (Fsp3) is 0.625. The molecule has 0 bridgehead atoms. The first-order valence-electron chi connectivity index (χ1n) is 11.7. The van der Waals surface area contributed by atoms with Crippen molar-refractivity contribution in [2.45, 2.75) is 57.4 Å². The van der Waals surface area contributed by atoms with Gasteiger partial charge in [-0.05, 0) is 31.6 Å². The molecule has 9 heteroatoms. The zero-order valence-corrected chi connectivity index (χ0v) is 21.8. The van der Waals surface area contributed by atoms with Gasteiger partial charge >= 0.3 is 0 Å². The molecule has 1 N–H and O–H groups in total. The minimum absolute atomic E-state index is 0.203. The summed E-state index contributed by atoms with van der Waals surface area (Å²) in [7, 11) is 0. The van der Waals surface area contributed by atoms with Gasteiger partial charge in [0.05, 0.1) is 34.7 Å². The van der Waals surface area contributed by atoms with Crippen molar-refractivity contribution in [1.29, 1.82) is 0 Å². The lowest BCUT2D eigenvalue weighted by Crippen LogP contribution is -2.47. The van der Waals surface area contributed by atoms with Crippen LogP contribution in [0.3, 0.4) is 0 Å². The average molecular weight is 488 g/mol. The van der Waals surface area contributed by atoms with E-state index in [1.54, 1.807) is 23.1 Å². The Bertz CT molecular complexity index is 1190. The van der Waals surface area contributed by atoms with Crippen LogP contribution < -0.4 is 4.90 Å². The summed E-state index contributed by atoms with van der Waals surface area (Å²) in [6.07, 6.45) is 2.90. The number of aromatic nitrogens is 3. The molecule has 2 aliphatic heterocycles. The molecule has 1 fully saturated rings. The third kappa shape index (κ3) is 4.23. The van der Waals surface area contributed by atoms with E-state index in [2.05, 4.69) is 37.5 Å². The van der Waals surface area contributed by atoms with Gasteiger partial charge in [-0.25, -0.2) is 15.0 Å². The molecule has 0 aliphatic carbocycles. The Labute approximate surface area is 203 Å². The molecule has 0 amide bonds. The molecule has 7 nitrogen and oxygen atoms in total. The Morgan fingerprint density at radius 1 is 1.12 bits per heavy atom. The molecule has 0 unspecified atom stereocenters. The minimum Gasteiger partial charge on any atom is -0.395 e. The fourth-order valence-corrected chi connectivity index (χ4v) is 6.50. The number of aliphatic hydroxyl groups excluding tert-OH is 1. The Morgan fingerprint density at radius 3 is 2.55 bits per heavy atom. The molecule has 5 rings (SSSR count). The largest absolute Gasteiger partial charge is 0.395 e. The minimum atomic E-state index is -0.203. The van der Waals surface area contributed by atoms with Crippen LogP contribution >= 0.6 is 23.1 Å². The number of pyridine rings is 1. The number of thioether (sulfide) groups is 1. The highest BCUT2D eigenvalue weighted by atomic mass is 32.2. The molecule has 0 spiro atoms. The summed E-state index contributed by atoms with van der Waals surface area (Å²) in [5, 5.41) is 11.3. The molecular weight excluding hydrogens is 454 g/mol. The lowest BCUT2D eigenvalue weighted by molar-refractivity contribution is -0.0402. The van der Waals surface area contributed by atoms with Gasteiger partial charge in [0.15, 0.2) is 11.0 Å². The number of thiophene rings is 1. The molecule has 3 aromatic heterocycles. The zero-order valence-electron chi connectivity index (χ0n) is 20.1. The van der Waals surface area contributed by atoms with E-state index in [1.807, 2.05) is 6.26 Å².